The highest BCUT2D eigenvalue weighted by Gasteiger charge is 2.31. The van der Waals surface area contributed by atoms with Crippen LogP contribution in [0, 0.1) is 6.92 Å². The molecule has 0 bridgehead atoms. The first-order valence-electron chi connectivity index (χ1n) is 9.74. The number of sulfonamides is 1. The van der Waals surface area contributed by atoms with Crippen LogP contribution in [0.1, 0.15) is 29.2 Å². The number of furan rings is 1. The monoisotopic (exact) mass is 433 g/mol. The van der Waals surface area contributed by atoms with E-state index in [2.05, 4.69) is 15.6 Å². The molecule has 0 radical (unpaired) electrons. The number of piperazine rings is 1. The fourth-order valence-corrected chi connectivity index (χ4v) is 5.25. The van der Waals surface area contributed by atoms with Gasteiger partial charge < -0.3 is 20.0 Å². The minimum Gasteiger partial charge on any atom is -0.455 e. The summed E-state index contributed by atoms with van der Waals surface area (Å²) in [5.41, 5.74) is 0.434. The van der Waals surface area contributed by atoms with Gasteiger partial charge >= 0.3 is 0 Å². The molecule has 10 nitrogen and oxygen atoms in total. The molecule has 2 fully saturated rings. The number of carbonyl (C=O) groups is 2. The third-order valence-corrected chi connectivity index (χ3v) is 7.15. The van der Waals surface area contributed by atoms with Crippen molar-refractivity contribution in [3.05, 3.63) is 35.9 Å². The molecule has 4 rings (SSSR count). The second kappa shape index (κ2) is 8.07. The average Bonchev–Trinajstić information content (AvgIpc) is 3.39. The molecule has 11 heteroatoms. The van der Waals surface area contributed by atoms with Crippen LogP contribution in [0.15, 0.2) is 33.7 Å². The molecule has 2 N–H and O–H groups in total. The van der Waals surface area contributed by atoms with E-state index < -0.39 is 15.9 Å². The molecule has 0 spiro atoms. The summed E-state index contributed by atoms with van der Waals surface area (Å²) in [4.78, 5) is 30.2. The highest BCUT2D eigenvalue weighted by molar-refractivity contribution is 7.89. The minimum absolute atomic E-state index is 0.0198. The molecule has 4 heterocycles. The van der Waals surface area contributed by atoms with E-state index in [9.17, 15) is 18.0 Å². The Morgan fingerprint density at radius 3 is 2.67 bits per heavy atom. The van der Waals surface area contributed by atoms with E-state index in [-0.39, 0.29) is 28.9 Å². The number of hydrogen-bond acceptors (Lipinski definition) is 7. The Morgan fingerprint density at radius 2 is 2.00 bits per heavy atom. The molecular weight excluding hydrogens is 410 g/mol. The molecule has 0 saturated carbocycles. The molecule has 0 unspecified atom stereocenters. The Morgan fingerprint density at radius 1 is 1.23 bits per heavy atom. The molecule has 30 heavy (non-hydrogen) atoms. The fraction of sp³-hybridized carbons (Fsp3) is 0.421. The number of aromatic nitrogens is 1. The van der Waals surface area contributed by atoms with Gasteiger partial charge in [0.15, 0.2) is 5.76 Å². The van der Waals surface area contributed by atoms with Gasteiger partial charge in [-0.1, -0.05) is 0 Å². The Hall–Kier alpha value is -2.92. The van der Waals surface area contributed by atoms with Crippen molar-refractivity contribution in [3.63, 3.8) is 0 Å². The number of nitrogens with zero attached hydrogens (tertiary/aromatic N) is 3. The lowest BCUT2D eigenvalue weighted by atomic mass is 10.3. The molecule has 2 amide bonds. The Bertz CT molecular complexity index is 1060. The number of nitrogens with one attached hydrogen (secondary N) is 2. The van der Waals surface area contributed by atoms with Crippen LogP contribution in [0.5, 0.6) is 0 Å². The van der Waals surface area contributed by atoms with Gasteiger partial charge in [0.2, 0.25) is 15.9 Å². The van der Waals surface area contributed by atoms with Crippen molar-refractivity contribution in [2.75, 3.05) is 42.9 Å². The van der Waals surface area contributed by atoms with Crippen LogP contribution in [-0.4, -0.2) is 62.2 Å². The third kappa shape index (κ3) is 4.03. The fourth-order valence-electron chi connectivity index (χ4n) is 3.57. The number of carbonyl (C=O) groups excluding carboxylic acids is 2. The Labute approximate surface area is 174 Å². The predicted molar refractivity (Wildman–Crippen MR) is 109 cm³/mol. The molecule has 160 valence electrons. The maximum atomic E-state index is 12.8. The maximum absolute atomic E-state index is 12.8. The summed E-state index contributed by atoms with van der Waals surface area (Å²) in [7, 11) is -3.67. The van der Waals surface area contributed by atoms with E-state index in [1.165, 1.54) is 23.5 Å². The van der Waals surface area contributed by atoms with Gasteiger partial charge in [0.1, 0.15) is 16.5 Å². The smallest absolute Gasteiger partial charge is 0.291 e. The van der Waals surface area contributed by atoms with Crippen LogP contribution in [0.3, 0.4) is 0 Å². The zero-order chi connectivity index (χ0) is 21.3. The Kier molecular flexibility index (Phi) is 5.48. The molecule has 2 aliphatic heterocycles. The van der Waals surface area contributed by atoms with Crippen molar-refractivity contribution in [2.24, 2.45) is 0 Å². The molecule has 2 aliphatic rings. The summed E-state index contributed by atoms with van der Waals surface area (Å²) in [6.45, 7) is 3.93. The summed E-state index contributed by atoms with van der Waals surface area (Å²) in [6, 6.07) is 4.65. The summed E-state index contributed by atoms with van der Waals surface area (Å²) >= 11 is 0. The van der Waals surface area contributed by atoms with Crippen LogP contribution in [0.4, 0.5) is 11.5 Å². The number of rotatable bonds is 5. The molecule has 2 aromatic heterocycles. The van der Waals surface area contributed by atoms with Gasteiger partial charge in [-0.2, -0.15) is 4.31 Å². The largest absolute Gasteiger partial charge is 0.455 e. The number of anilines is 2. The maximum Gasteiger partial charge on any atom is 0.291 e. The second-order valence-electron chi connectivity index (χ2n) is 7.27. The van der Waals surface area contributed by atoms with Crippen molar-refractivity contribution in [1.82, 2.24) is 14.6 Å². The van der Waals surface area contributed by atoms with Crippen LogP contribution in [-0.2, 0) is 14.8 Å². The highest BCUT2D eigenvalue weighted by Crippen LogP contribution is 2.27. The SMILES string of the molecule is Cc1oc(C(=O)Nc2ccc(N3CCNC(=O)C3)nc2)cc1S(=O)(=O)N1CCCC1. The quantitative estimate of drug-likeness (QED) is 0.719. The average molecular weight is 433 g/mol. The van der Waals surface area contributed by atoms with Gasteiger partial charge in [-0.15, -0.1) is 0 Å². The number of pyridine rings is 1. The lowest BCUT2D eigenvalue weighted by Gasteiger charge is -2.27. The molecule has 2 aromatic rings. The van der Waals surface area contributed by atoms with E-state index in [4.69, 9.17) is 4.42 Å². The van der Waals surface area contributed by atoms with Gasteiger partial charge in [0, 0.05) is 32.2 Å². The first kappa shape index (κ1) is 20.4. The predicted octanol–water partition coefficient (Wildman–Crippen LogP) is 0.956. The lowest BCUT2D eigenvalue weighted by Crippen LogP contribution is -2.48. The molecular formula is C19H23N5O5S. The first-order chi connectivity index (χ1) is 14.3. The van der Waals surface area contributed by atoms with E-state index in [0.717, 1.165) is 12.8 Å². The highest BCUT2D eigenvalue weighted by atomic mass is 32.2. The van der Waals surface area contributed by atoms with Gasteiger partial charge in [0.05, 0.1) is 18.4 Å². The molecule has 0 atom stereocenters. The van der Waals surface area contributed by atoms with Crippen molar-refractivity contribution in [2.45, 2.75) is 24.7 Å². The van der Waals surface area contributed by atoms with Gasteiger partial charge in [-0.25, -0.2) is 13.4 Å². The zero-order valence-electron chi connectivity index (χ0n) is 16.6. The van der Waals surface area contributed by atoms with Gasteiger partial charge in [-0.05, 0) is 31.9 Å². The number of aryl methyl sites for hydroxylation is 1. The summed E-state index contributed by atoms with van der Waals surface area (Å²) in [5.74, 6) is 0.114. The molecule has 0 aromatic carbocycles. The summed E-state index contributed by atoms with van der Waals surface area (Å²) in [6.07, 6.45) is 3.14. The normalized spacial score (nSPS) is 17.8. The number of amides is 2. The first-order valence-corrected chi connectivity index (χ1v) is 11.2. The van der Waals surface area contributed by atoms with E-state index >= 15 is 0 Å². The summed E-state index contributed by atoms with van der Waals surface area (Å²) < 4.78 is 32.4. The van der Waals surface area contributed by atoms with Crippen LogP contribution in [0.25, 0.3) is 0 Å². The minimum atomic E-state index is -3.67. The Balaban J connectivity index is 1.46. The topological polar surface area (TPSA) is 125 Å². The van der Waals surface area contributed by atoms with Crippen LogP contribution < -0.4 is 15.5 Å². The van der Waals surface area contributed by atoms with Gasteiger partial charge in [0.25, 0.3) is 5.91 Å². The van der Waals surface area contributed by atoms with Gasteiger partial charge in [-0.3, -0.25) is 9.59 Å². The van der Waals surface area contributed by atoms with E-state index in [1.807, 2.05) is 4.90 Å². The van der Waals surface area contributed by atoms with Crippen molar-refractivity contribution in [3.8, 4) is 0 Å². The summed E-state index contributed by atoms with van der Waals surface area (Å²) in [5, 5.41) is 5.41. The number of hydrogen-bond donors (Lipinski definition) is 2. The molecule has 2 saturated heterocycles. The lowest BCUT2D eigenvalue weighted by molar-refractivity contribution is -0.120. The zero-order valence-corrected chi connectivity index (χ0v) is 17.4. The van der Waals surface area contributed by atoms with E-state index in [0.29, 0.717) is 37.7 Å². The van der Waals surface area contributed by atoms with Crippen LogP contribution >= 0.6 is 0 Å². The van der Waals surface area contributed by atoms with Crippen LogP contribution in [0.2, 0.25) is 0 Å². The van der Waals surface area contributed by atoms with E-state index in [1.54, 1.807) is 12.1 Å². The van der Waals surface area contributed by atoms with Crippen molar-refractivity contribution in [1.29, 1.82) is 0 Å². The van der Waals surface area contributed by atoms with Crippen molar-refractivity contribution >= 4 is 33.3 Å². The molecule has 0 aliphatic carbocycles. The standard InChI is InChI=1S/C19H23N5O5S/c1-13-16(30(27,28)24-7-2-3-8-24)10-15(29-13)19(26)22-14-4-5-17(21-11-14)23-9-6-20-18(25)12-23/h4-5,10-11H,2-3,6-9,12H2,1H3,(H,20,25)(H,22,26). The third-order valence-electron chi connectivity index (χ3n) is 5.15. The second-order valence-corrected chi connectivity index (χ2v) is 9.18. The van der Waals surface area contributed by atoms with Crippen molar-refractivity contribution < 1.29 is 22.4 Å².